The van der Waals surface area contributed by atoms with E-state index in [9.17, 15) is 9.90 Å². The van der Waals surface area contributed by atoms with Crippen LogP contribution in [0, 0.1) is 0 Å². The number of phenolic OH excluding ortho intramolecular Hbond substituents is 1. The summed E-state index contributed by atoms with van der Waals surface area (Å²) in [6, 6.07) is 7.16. The van der Waals surface area contributed by atoms with E-state index in [2.05, 4.69) is 6.92 Å². The fourth-order valence-electron chi connectivity index (χ4n) is 3.69. The molecule has 0 radical (unpaired) electrons. The zero-order valence-electron chi connectivity index (χ0n) is 17.0. The molecular weight excluding hydrogens is 324 g/mol. The second kappa shape index (κ2) is 11.9. The monoisotopic (exact) mass is 362 g/mol. The number of nitrogens with zero attached hydrogens (tertiary/aromatic N) is 1. The minimum absolute atomic E-state index is 0.113. The number of benzene rings is 1. The molecule has 148 valence electrons. The van der Waals surface area contributed by atoms with E-state index in [1.807, 2.05) is 26.1 Å². The third kappa shape index (κ3) is 6.31. The highest BCUT2D eigenvalue weighted by atomic mass is 16.3. The van der Waals surface area contributed by atoms with Crippen molar-refractivity contribution in [2.45, 2.75) is 77.0 Å². The van der Waals surface area contributed by atoms with Crippen molar-refractivity contribution in [1.29, 1.82) is 0 Å². The molecule has 4 nitrogen and oxygen atoms in total. The van der Waals surface area contributed by atoms with E-state index in [0.29, 0.717) is 19.5 Å². The predicted octanol–water partition coefficient (Wildman–Crippen LogP) is 4.60. The fraction of sp³-hybridized carbons (Fsp3) is 0.682. The first-order valence-corrected chi connectivity index (χ1v) is 10.3. The lowest BCUT2D eigenvalue weighted by Crippen LogP contribution is -2.46. The Hall–Kier alpha value is -1.55. The second-order valence-corrected chi connectivity index (χ2v) is 7.36. The topological polar surface area (TPSA) is 66.6 Å². The summed E-state index contributed by atoms with van der Waals surface area (Å²) < 4.78 is 0. The fourth-order valence-corrected chi connectivity index (χ4v) is 3.69. The molecule has 0 heterocycles. The van der Waals surface area contributed by atoms with Gasteiger partial charge in [-0.15, -0.1) is 0 Å². The molecule has 0 saturated carbocycles. The number of aromatic hydroxyl groups is 1. The van der Waals surface area contributed by atoms with E-state index in [-0.39, 0.29) is 11.7 Å². The molecule has 1 aromatic carbocycles. The molecule has 0 saturated heterocycles. The maximum absolute atomic E-state index is 13.3. The number of rotatable bonds is 13. The Kier molecular flexibility index (Phi) is 10.3. The molecule has 1 rings (SSSR count). The molecule has 3 N–H and O–H groups in total. The summed E-state index contributed by atoms with van der Waals surface area (Å²) >= 11 is 0. The summed E-state index contributed by atoms with van der Waals surface area (Å²) in [5.41, 5.74) is 6.17. The van der Waals surface area contributed by atoms with Gasteiger partial charge in [0.05, 0.1) is 5.41 Å². The van der Waals surface area contributed by atoms with Crippen LogP contribution in [0.3, 0.4) is 0 Å². The summed E-state index contributed by atoms with van der Waals surface area (Å²) in [4.78, 5) is 15.1. The van der Waals surface area contributed by atoms with Gasteiger partial charge in [-0.25, -0.2) is 0 Å². The van der Waals surface area contributed by atoms with Crippen LogP contribution in [0.25, 0.3) is 0 Å². The van der Waals surface area contributed by atoms with Gasteiger partial charge < -0.3 is 15.7 Å². The number of amides is 1. The van der Waals surface area contributed by atoms with E-state index in [0.717, 1.165) is 24.8 Å². The highest BCUT2D eigenvalue weighted by Crippen LogP contribution is 2.37. The first-order valence-electron chi connectivity index (χ1n) is 10.3. The van der Waals surface area contributed by atoms with Gasteiger partial charge in [-0.05, 0) is 44.0 Å². The van der Waals surface area contributed by atoms with Gasteiger partial charge in [-0.3, -0.25) is 4.79 Å². The Labute approximate surface area is 159 Å². The lowest BCUT2D eigenvalue weighted by atomic mass is 9.72. The predicted molar refractivity (Wildman–Crippen MR) is 109 cm³/mol. The first kappa shape index (κ1) is 22.5. The zero-order valence-corrected chi connectivity index (χ0v) is 17.0. The number of phenols is 1. The molecule has 0 aliphatic carbocycles. The van der Waals surface area contributed by atoms with Crippen LogP contribution in [-0.2, 0) is 10.2 Å². The summed E-state index contributed by atoms with van der Waals surface area (Å²) in [6.07, 6.45) is 9.88. The summed E-state index contributed by atoms with van der Waals surface area (Å²) in [7, 11) is 1.85. The maximum Gasteiger partial charge on any atom is 0.233 e. The normalized spacial score (nSPS) is 13.4. The van der Waals surface area contributed by atoms with Gasteiger partial charge in [0.1, 0.15) is 5.75 Å². The quantitative estimate of drug-likeness (QED) is 0.504. The molecule has 1 unspecified atom stereocenters. The van der Waals surface area contributed by atoms with Gasteiger partial charge in [0, 0.05) is 13.6 Å². The van der Waals surface area contributed by atoms with Gasteiger partial charge >= 0.3 is 0 Å². The largest absolute Gasteiger partial charge is 0.508 e. The number of unbranched alkanes of at least 4 members (excludes halogenated alkanes) is 6. The number of hydrogen-bond acceptors (Lipinski definition) is 3. The SMILES string of the molecule is CCCCCCCCCC(CCN)(C(=O)N(C)CC)c1cccc(O)c1. The van der Waals surface area contributed by atoms with Crippen LogP contribution in [0.4, 0.5) is 0 Å². The smallest absolute Gasteiger partial charge is 0.233 e. The van der Waals surface area contributed by atoms with Crippen molar-refractivity contribution in [3.05, 3.63) is 29.8 Å². The highest BCUT2D eigenvalue weighted by molar-refractivity contribution is 5.88. The third-order valence-electron chi connectivity index (χ3n) is 5.41. The van der Waals surface area contributed by atoms with Gasteiger partial charge in [0.15, 0.2) is 0 Å². The van der Waals surface area contributed by atoms with Gasteiger partial charge in [0.2, 0.25) is 5.91 Å². The van der Waals surface area contributed by atoms with E-state index in [1.165, 1.54) is 32.1 Å². The number of likely N-dealkylation sites (N-methyl/N-ethyl adjacent to an activating group) is 1. The van der Waals surface area contributed by atoms with E-state index >= 15 is 0 Å². The molecule has 0 aliphatic rings. The Morgan fingerprint density at radius 1 is 1.08 bits per heavy atom. The molecular formula is C22H38N2O2. The standard InChI is InChI=1S/C22H38N2O2/c1-4-6-7-8-9-10-11-15-22(16-17-23,21(26)24(3)5-2)19-13-12-14-20(25)18-19/h12-14,18,25H,4-11,15-17,23H2,1-3H3. The molecule has 26 heavy (non-hydrogen) atoms. The highest BCUT2D eigenvalue weighted by Gasteiger charge is 2.40. The van der Waals surface area contributed by atoms with Crippen LogP contribution in [0.5, 0.6) is 5.75 Å². The molecule has 0 aliphatic heterocycles. The second-order valence-electron chi connectivity index (χ2n) is 7.36. The lowest BCUT2D eigenvalue weighted by molar-refractivity contribution is -0.136. The number of hydrogen-bond donors (Lipinski definition) is 2. The molecule has 1 atom stereocenters. The molecule has 4 heteroatoms. The summed E-state index contributed by atoms with van der Waals surface area (Å²) in [5.74, 6) is 0.317. The lowest BCUT2D eigenvalue weighted by Gasteiger charge is -2.36. The zero-order chi connectivity index (χ0) is 19.4. The molecule has 1 amide bonds. The number of carbonyl (C=O) groups is 1. The van der Waals surface area contributed by atoms with E-state index in [4.69, 9.17) is 5.73 Å². The molecule has 1 aromatic rings. The van der Waals surface area contributed by atoms with Crippen molar-refractivity contribution in [3.63, 3.8) is 0 Å². The molecule has 0 bridgehead atoms. The average molecular weight is 363 g/mol. The molecule has 0 fully saturated rings. The van der Waals surface area contributed by atoms with Crippen LogP contribution in [-0.4, -0.2) is 36.1 Å². The van der Waals surface area contributed by atoms with Gasteiger partial charge in [0.25, 0.3) is 0 Å². The number of carbonyl (C=O) groups excluding carboxylic acids is 1. The van der Waals surface area contributed by atoms with Crippen molar-refractivity contribution in [3.8, 4) is 5.75 Å². The van der Waals surface area contributed by atoms with Crippen molar-refractivity contribution in [2.75, 3.05) is 20.1 Å². The Morgan fingerprint density at radius 2 is 1.73 bits per heavy atom. The van der Waals surface area contributed by atoms with Crippen LogP contribution in [0.1, 0.15) is 77.2 Å². The van der Waals surface area contributed by atoms with Crippen LogP contribution < -0.4 is 5.73 Å². The average Bonchev–Trinajstić information content (AvgIpc) is 2.65. The first-order chi connectivity index (χ1) is 12.5. The molecule has 0 spiro atoms. The van der Waals surface area contributed by atoms with Crippen molar-refractivity contribution in [2.24, 2.45) is 5.73 Å². The number of nitrogens with two attached hydrogens (primary N) is 1. The van der Waals surface area contributed by atoms with Gasteiger partial charge in [-0.2, -0.15) is 0 Å². The van der Waals surface area contributed by atoms with Gasteiger partial charge in [-0.1, -0.05) is 64.0 Å². The maximum atomic E-state index is 13.3. The van der Waals surface area contributed by atoms with E-state index in [1.54, 1.807) is 17.0 Å². The van der Waals surface area contributed by atoms with Crippen LogP contribution in [0.15, 0.2) is 24.3 Å². The van der Waals surface area contributed by atoms with Crippen LogP contribution >= 0.6 is 0 Å². The minimum Gasteiger partial charge on any atom is -0.508 e. The van der Waals surface area contributed by atoms with Crippen molar-refractivity contribution in [1.82, 2.24) is 4.90 Å². The van der Waals surface area contributed by atoms with E-state index < -0.39 is 5.41 Å². The Morgan fingerprint density at radius 3 is 2.31 bits per heavy atom. The van der Waals surface area contributed by atoms with Crippen molar-refractivity contribution >= 4 is 5.91 Å². The Bertz CT molecular complexity index is 533. The molecule has 0 aromatic heterocycles. The third-order valence-corrected chi connectivity index (χ3v) is 5.41. The Balaban J connectivity index is 2.94. The summed E-state index contributed by atoms with van der Waals surface area (Å²) in [6.45, 7) is 5.34. The minimum atomic E-state index is -0.637. The van der Waals surface area contributed by atoms with Crippen molar-refractivity contribution < 1.29 is 9.90 Å². The summed E-state index contributed by atoms with van der Waals surface area (Å²) in [5, 5.41) is 9.96. The van der Waals surface area contributed by atoms with Crippen LogP contribution in [0.2, 0.25) is 0 Å².